The molecule has 4 aromatic heterocycles. The number of pyridine rings is 1. The van der Waals surface area contributed by atoms with E-state index in [0.717, 1.165) is 39.4 Å². The molecule has 0 radical (unpaired) electrons. The largest absolute Gasteiger partial charge is 0.317 e. The van der Waals surface area contributed by atoms with Crippen molar-refractivity contribution in [3.8, 4) is 33.9 Å². The zero-order valence-corrected chi connectivity index (χ0v) is 26.2. The van der Waals surface area contributed by atoms with Gasteiger partial charge in [-0.2, -0.15) is 0 Å². The summed E-state index contributed by atoms with van der Waals surface area (Å²) >= 11 is 1.86. The predicted octanol–water partition coefficient (Wildman–Crippen LogP) is 11.8. The molecule has 0 aliphatic carbocycles. The molecular weight excluding hydrogens is 591 g/mol. The van der Waals surface area contributed by atoms with Gasteiger partial charge in [0, 0.05) is 53.8 Å². The maximum absolute atomic E-state index is 5.40. The van der Waals surface area contributed by atoms with Gasteiger partial charge < -0.3 is 4.57 Å². The van der Waals surface area contributed by atoms with Crippen LogP contribution in [0.15, 0.2) is 164 Å². The molecule has 0 aliphatic rings. The maximum atomic E-state index is 5.40. The molecule has 0 aliphatic heterocycles. The lowest BCUT2D eigenvalue weighted by Crippen LogP contribution is -2.00. The quantitative estimate of drug-likeness (QED) is 0.193. The van der Waals surface area contributed by atoms with Crippen LogP contribution in [0.25, 0.3) is 86.8 Å². The molecule has 0 amide bonds. The Labute approximate surface area is 275 Å². The van der Waals surface area contributed by atoms with Crippen molar-refractivity contribution in [1.29, 1.82) is 0 Å². The van der Waals surface area contributed by atoms with Gasteiger partial charge in [0.05, 0.1) is 22.2 Å². The highest BCUT2D eigenvalue weighted by molar-refractivity contribution is 7.25. The van der Waals surface area contributed by atoms with E-state index in [0.29, 0.717) is 0 Å². The second-order valence-electron chi connectivity index (χ2n) is 12.1. The molecule has 4 heterocycles. The highest BCUT2D eigenvalue weighted by Gasteiger charge is 2.19. The van der Waals surface area contributed by atoms with Crippen LogP contribution in [0.5, 0.6) is 0 Å². The Morgan fingerprint density at radius 1 is 0.447 bits per heavy atom. The molecule has 10 rings (SSSR count). The van der Waals surface area contributed by atoms with E-state index in [4.69, 9.17) is 4.98 Å². The van der Waals surface area contributed by atoms with Crippen LogP contribution in [0.2, 0.25) is 0 Å². The van der Waals surface area contributed by atoms with Gasteiger partial charge >= 0.3 is 0 Å². The third-order valence-corrected chi connectivity index (χ3v) is 10.5. The van der Waals surface area contributed by atoms with Crippen LogP contribution in [0.1, 0.15) is 0 Å². The lowest BCUT2D eigenvalue weighted by atomic mass is 10.0. The van der Waals surface area contributed by atoms with Gasteiger partial charge in [0.25, 0.3) is 0 Å². The summed E-state index contributed by atoms with van der Waals surface area (Å²) in [7, 11) is 0. The minimum atomic E-state index is 0.908. The van der Waals surface area contributed by atoms with E-state index in [1.54, 1.807) is 0 Å². The topological polar surface area (TPSA) is 22.8 Å². The van der Waals surface area contributed by atoms with E-state index < -0.39 is 0 Å². The molecule has 0 fully saturated rings. The number of aromatic nitrogens is 3. The van der Waals surface area contributed by atoms with Crippen molar-refractivity contribution in [3.63, 3.8) is 0 Å². The number of rotatable bonds is 4. The van der Waals surface area contributed by atoms with Crippen LogP contribution in [0.4, 0.5) is 0 Å². The fraction of sp³-hybridized carbons (Fsp3) is 0. The molecule has 47 heavy (non-hydrogen) atoms. The third-order valence-electron chi connectivity index (χ3n) is 9.33. The average molecular weight is 618 g/mol. The summed E-state index contributed by atoms with van der Waals surface area (Å²) in [6, 6.07) is 56.6. The van der Waals surface area contributed by atoms with Crippen molar-refractivity contribution in [3.05, 3.63) is 164 Å². The van der Waals surface area contributed by atoms with Crippen molar-refractivity contribution < 1.29 is 0 Å². The predicted molar refractivity (Wildman–Crippen MR) is 199 cm³/mol. The van der Waals surface area contributed by atoms with Crippen LogP contribution in [0, 0.1) is 0 Å². The molecule has 220 valence electrons. The summed E-state index contributed by atoms with van der Waals surface area (Å²) in [5.74, 6) is 0.908. The van der Waals surface area contributed by atoms with E-state index >= 15 is 0 Å². The second-order valence-corrected chi connectivity index (χ2v) is 13.2. The molecule has 0 saturated heterocycles. The molecule has 4 heteroatoms. The van der Waals surface area contributed by atoms with Crippen molar-refractivity contribution in [2.45, 2.75) is 0 Å². The summed E-state index contributed by atoms with van der Waals surface area (Å²) < 4.78 is 7.28. The Bertz CT molecular complexity index is 2710. The Kier molecular flexibility index (Phi) is 5.74. The first-order valence-electron chi connectivity index (χ1n) is 15.9. The fourth-order valence-corrected chi connectivity index (χ4v) is 8.23. The van der Waals surface area contributed by atoms with E-state index in [1.165, 1.54) is 47.4 Å². The Hall–Kier alpha value is -5.97. The van der Waals surface area contributed by atoms with Crippen LogP contribution < -0.4 is 0 Å². The van der Waals surface area contributed by atoms with Gasteiger partial charge in [0.2, 0.25) is 0 Å². The van der Waals surface area contributed by atoms with Gasteiger partial charge in [-0.1, -0.05) is 97.1 Å². The number of thiophene rings is 1. The molecule has 0 unspecified atom stereocenters. The van der Waals surface area contributed by atoms with Gasteiger partial charge in [-0.05, 0) is 71.8 Å². The summed E-state index contributed by atoms with van der Waals surface area (Å²) in [6.45, 7) is 0. The molecular formula is C43H27N3S. The van der Waals surface area contributed by atoms with E-state index in [-0.39, 0.29) is 0 Å². The van der Waals surface area contributed by atoms with Crippen LogP contribution in [0.3, 0.4) is 0 Å². The lowest BCUT2D eigenvalue weighted by Gasteiger charge is -2.13. The summed E-state index contributed by atoms with van der Waals surface area (Å²) in [5.41, 5.74) is 9.02. The number of nitrogens with zero attached hydrogens (tertiary/aromatic N) is 3. The smallest absolute Gasteiger partial charge is 0.138 e. The van der Waals surface area contributed by atoms with Crippen molar-refractivity contribution >= 4 is 64.2 Å². The minimum Gasteiger partial charge on any atom is -0.317 e. The molecule has 10 aromatic rings. The standard InChI is InChI=1S/C43H27N3S/c1-4-12-28(13-5-1)31-22-37(29-14-6-2-7-15-29)44-43(24-31)46-39-23-30-20-21-45(32-16-8-3-9-17-32)38(30)25-34(39)35-27-42-36(26-40(35)46)33-18-10-11-19-41(33)47-42/h1-27H. The number of hydrogen-bond acceptors (Lipinski definition) is 2. The highest BCUT2D eigenvalue weighted by atomic mass is 32.1. The van der Waals surface area contributed by atoms with Crippen molar-refractivity contribution in [2.75, 3.05) is 0 Å². The fourth-order valence-electron chi connectivity index (χ4n) is 7.11. The number of hydrogen-bond donors (Lipinski definition) is 0. The number of fused-ring (bicyclic) bond motifs is 7. The lowest BCUT2D eigenvalue weighted by molar-refractivity contribution is 1.09. The Morgan fingerprint density at radius 2 is 1.11 bits per heavy atom. The first-order chi connectivity index (χ1) is 23.3. The molecule has 6 aromatic carbocycles. The van der Waals surface area contributed by atoms with E-state index in [1.807, 2.05) is 11.3 Å². The van der Waals surface area contributed by atoms with Crippen molar-refractivity contribution in [1.82, 2.24) is 14.1 Å². The van der Waals surface area contributed by atoms with Crippen LogP contribution in [-0.2, 0) is 0 Å². The summed E-state index contributed by atoms with van der Waals surface area (Å²) in [4.78, 5) is 5.40. The molecule has 0 saturated carbocycles. The average Bonchev–Trinajstić information content (AvgIpc) is 3.81. The zero-order chi connectivity index (χ0) is 30.9. The molecule has 0 atom stereocenters. The van der Waals surface area contributed by atoms with Gasteiger partial charge in [-0.3, -0.25) is 4.57 Å². The van der Waals surface area contributed by atoms with E-state index in [2.05, 4.69) is 173 Å². The Balaban J connectivity index is 1.33. The molecule has 0 spiro atoms. The monoisotopic (exact) mass is 617 g/mol. The van der Waals surface area contributed by atoms with E-state index in [9.17, 15) is 0 Å². The molecule has 0 bridgehead atoms. The van der Waals surface area contributed by atoms with Gasteiger partial charge in [0.15, 0.2) is 0 Å². The molecule has 0 N–H and O–H groups in total. The third kappa shape index (κ3) is 4.16. The van der Waals surface area contributed by atoms with Crippen molar-refractivity contribution in [2.24, 2.45) is 0 Å². The summed E-state index contributed by atoms with van der Waals surface area (Å²) in [6.07, 6.45) is 2.18. The maximum Gasteiger partial charge on any atom is 0.138 e. The van der Waals surface area contributed by atoms with Gasteiger partial charge in [-0.15, -0.1) is 11.3 Å². The molecule has 3 nitrogen and oxygen atoms in total. The van der Waals surface area contributed by atoms with Crippen LogP contribution >= 0.6 is 11.3 Å². The van der Waals surface area contributed by atoms with Crippen LogP contribution in [-0.4, -0.2) is 14.1 Å². The first-order valence-corrected chi connectivity index (χ1v) is 16.7. The van der Waals surface area contributed by atoms with Gasteiger partial charge in [-0.25, -0.2) is 4.98 Å². The number of benzene rings is 6. The SMILES string of the molecule is c1ccc(-c2cc(-c3ccccc3)nc(-n3c4cc5ccn(-c6ccccc6)c5cc4c4cc5sc6ccccc6c5cc43)c2)cc1. The second kappa shape index (κ2) is 10.3. The Morgan fingerprint density at radius 3 is 1.91 bits per heavy atom. The summed E-state index contributed by atoms with van der Waals surface area (Å²) in [5, 5.41) is 6.22. The number of para-hydroxylation sites is 1. The first kappa shape index (κ1) is 26.3. The highest BCUT2D eigenvalue weighted by Crippen LogP contribution is 2.42. The minimum absolute atomic E-state index is 0.908. The normalized spacial score (nSPS) is 11.8. The van der Waals surface area contributed by atoms with Gasteiger partial charge in [0.1, 0.15) is 5.82 Å². The zero-order valence-electron chi connectivity index (χ0n) is 25.3.